The summed E-state index contributed by atoms with van der Waals surface area (Å²) >= 11 is 8.88. The first-order valence-electron chi connectivity index (χ1n) is 7.88. The smallest absolute Gasteiger partial charge is 0.437 e. The van der Waals surface area contributed by atoms with Gasteiger partial charge < -0.3 is 4.74 Å². The fourth-order valence-electron chi connectivity index (χ4n) is 2.40. The maximum absolute atomic E-state index is 13.4. The zero-order chi connectivity index (χ0) is 22.1. The van der Waals surface area contributed by atoms with Gasteiger partial charge >= 0.3 is 6.18 Å². The molecule has 3 rings (SSSR count). The summed E-state index contributed by atoms with van der Waals surface area (Å²) in [5.41, 5.74) is -3.33. The van der Waals surface area contributed by atoms with Crippen molar-refractivity contribution in [2.45, 2.75) is 12.7 Å². The minimum absolute atomic E-state index is 0.0171. The standard InChI is InChI=1S/C17H8BrClF3N5O3/c18-12-3-9(15(28)26-25-12)6-27-7-24-14(17(20,21)22)13(16(27)29)30-11-2-8(5-23)1-10(19)4-11/h1-4,7H,6H2,(H,26,28). The lowest BCUT2D eigenvalue weighted by molar-refractivity contribution is -0.142. The van der Waals surface area contributed by atoms with Crippen molar-refractivity contribution < 1.29 is 17.9 Å². The van der Waals surface area contributed by atoms with E-state index >= 15 is 0 Å². The summed E-state index contributed by atoms with van der Waals surface area (Å²) in [4.78, 5) is 27.9. The number of aromatic amines is 1. The van der Waals surface area contributed by atoms with Gasteiger partial charge in [0.15, 0.2) is 5.69 Å². The molecular formula is C17H8BrClF3N5O3. The van der Waals surface area contributed by atoms with E-state index < -0.39 is 35.3 Å². The molecule has 2 heterocycles. The highest BCUT2D eigenvalue weighted by molar-refractivity contribution is 9.10. The Kier molecular flexibility index (Phi) is 5.95. The maximum atomic E-state index is 13.4. The van der Waals surface area contributed by atoms with Crippen molar-refractivity contribution >= 4 is 27.5 Å². The van der Waals surface area contributed by atoms with Crippen LogP contribution in [-0.4, -0.2) is 19.7 Å². The van der Waals surface area contributed by atoms with Gasteiger partial charge in [0.05, 0.1) is 24.5 Å². The molecule has 2 aromatic heterocycles. The van der Waals surface area contributed by atoms with E-state index in [1.165, 1.54) is 12.1 Å². The number of alkyl halides is 3. The number of benzene rings is 1. The highest BCUT2D eigenvalue weighted by Gasteiger charge is 2.38. The summed E-state index contributed by atoms with van der Waals surface area (Å²) < 4.78 is 46.4. The number of nitrogens with one attached hydrogen (secondary N) is 1. The molecule has 0 saturated heterocycles. The zero-order valence-electron chi connectivity index (χ0n) is 14.5. The second kappa shape index (κ2) is 8.29. The zero-order valence-corrected chi connectivity index (χ0v) is 16.8. The van der Waals surface area contributed by atoms with Gasteiger partial charge in [0.25, 0.3) is 11.1 Å². The number of hydrogen-bond donors (Lipinski definition) is 1. The molecule has 1 aromatic carbocycles. The number of halogens is 5. The Morgan fingerprint density at radius 3 is 2.67 bits per heavy atom. The third-order valence-corrected chi connectivity index (χ3v) is 4.30. The number of rotatable bonds is 4. The van der Waals surface area contributed by atoms with E-state index in [2.05, 4.69) is 31.1 Å². The Hall–Kier alpha value is -3.17. The van der Waals surface area contributed by atoms with Crippen molar-refractivity contribution in [1.82, 2.24) is 19.7 Å². The van der Waals surface area contributed by atoms with Crippen molar-refractivity contribution in [2.24, 2.45) is 0 Å². The first kappa shape index (κ1) is 21.5. The molecule has 0 atom stereocenters. The van der Waals surface area contributed by atoms with E-state index in [4.69, 9.17) is 21.6 Å². The van der Waals surface area contributed by atoms with Gasteiger partial charge in [-0.3, -0.25) is 14.2 Å². The van der Waals surface area contributed by atoms with Crippen LogP contribution in [0.5, 0.6) is 11.5 Å². The maximum Gasteiger partial charge on any atom is 0.437 e. The van der Waals surface area contributed by atoms with Gasteiger partial charge in [0.2, 0.25) is 5.75 Å². The highest BCUT2D eigenvalue weighted by Crippen LogP contribution is 2.35. The quantitative estimate of drug-likeness (QED) is 0.584. The van der Waals surface area contributed by atoms with Crippen molar-refractivity contribution in [3.8, 4) is 17.6 Å². The molecule has 0 fully saturated rings. The summed E-state index contributed by atoms with van der Waals surface area (Å²) in [7, 11) is 0. The van der Waals surface area contributed by atoms with E-state index in [9.17, 15) is 22.8 Å². The molecule has 13 heteroatoms. The monoisotopic (exact) mass is 501 g/mol. The van der Waals surface area contributed by atoms with Gasteiger partial charge in [-0.15, -0.1) is 0 Å². The summed E-state index contributed by atoms with van der Waals surface area (Å²) in [6.45, 7) is -0.393. The van der Waals surface area contributed by atoms with E-state index in [1.54, 1.807) is 6.07 Å². The molecule has 0 spiro atoms. The largest absolute Gasteiger partial charge is 0.449 e. The van der Waals surface area contributed by atoms with Crippen LogP contribution in [-0.2, 0) is 12.7 Å². The average Bonchev–Trinajstić information content (AvgIpc) is 2.66. The molecule has 30 heavy (non-hydrogen) atoms. The van der Waals surface area contributed by atoms with Gasteiger partial charge in [-0.2, -0.15) is 23.5 Å². The highest BCUT2D eigenvalue weighted by atomic mass is 79.9. The molecule has 8 nitrogen and oxygen atoms in total. The third kappa shape index (κ3) is 4.69. The Labute approximate surface area is 178 Å². The number of nitriles is 1. The van der Waals surface area contributed by atoms with Crippen LogP contribution in [0.3, 0.4) is 0 Å². The average molecular weight is 503 g/mol. The number of ether oxygens (including phenoxy) is 1. The minimum Gasteiger partial charge on any atom is -0.449 e. The molecule has 154 valence electrons. The van der Waals surface area contributed by atoms with Crippen LogP contribution in [0.4, 0.5) is 13.2 Å². The predicted octanol–water partition coefficient (Wildman–Crippen LogP) is 3.47. The second-order valence-corrected chi connectivity index (χ2v) is 7.04. The van der Waals surface area contributed by atoms with Gasteiger partial charge in [0, 0.05) is 10.6 Å². The van der Waals surface area contributed by atoms with E-state index in [0.717, 1.165) is 16.7 Å². The first-order valence-corrected chi connectivity index (χ1v) is 9.05. The third-order valence-electron chi connectivity index (χ3n) is 3.68. The van der Waals surface area contributed by atoms with Crippen LogP contribution in [0.25, 0.3) is 0 Å². The summed E-state index contributed by atoms with van der Waals surface area (Å²) in [6.07, 6.45) is -4.34. The van der Waals surface area contributed by atoms with Gasteiger partial charge in [-0.25, -0.2) is 10.1 Å². The van der Waals surface area contributed by atoms with Crippen LogP contribution in [0.15, 0.2) is 44.8 Å². The van der Waals surface area contributed by atoms with E-state index in [0.29, 0.717) is 6.33 Å². The minimum atomic E-state index is -5.00. The molecule has 0 aliphatic heterocycles. The number of H-pyrrole nitrogens is 1. The SMILES string of the molecule is N#Cc1cc(Cl)cc(Oc2c(C(F)(F)F)ncn(Cc3cc(Br)n[nH]c3=O)c2=O)c1. The first-order chi connectivity index (χ1) is 14.1. The Bertz CT molecular complexity index is 1280. The summed E-state index contributed by atoms with van der Waals surface area (Å²) in [5, 5.41) is 14.8. The van der Waals surface area contributed by atoms with Gasteiger partial charge in [0.1, 0.15) is 10.4 Å². The lowest BCUT2D eigenvalue weighted by Crippen LogP contribution is -2.28. The molecule has 0 amide bonds. The van der Waals surface area contributed by atoms with Crippen molar-refractivity contribution in [3.63, 3.8) is 0 Å². The molecule has 0 saturated carbocycles. The van der Waals surface area contributed by atoms with Crippen molar-refractivity contribution in [2.75, 3.05) is 0 Å². The van der Waals surface area contributed by atoms with Gasteiger partial charge in [-0.1, -0.05) is 11.6 Å². The molecule has 0 unspecified atom stereocenters. The Morgan fingerprint density at radius 2 is 2.00 bits per heavy atom. The second-order valence-electron chi connectivity index (χ2n) is 5.79. The molecule has 1 N–H and O–H groups in total. The lowest BCUT2D eigenvalue weighted by Gasteiger charge is -2.14. The van der Waals surface area contributed by atoms with Crippen LogP contribution in [0, 0.1) is 11.3 Å². The van der Waals surface area contributed by atoms with Gasteiger partial charge in [-0.05, 0) is 40.2 Å². The van der Waals surface area contributed by atoms with E-state index in [-0.39, 0.29) is 26.5 Å². The number of hydrogen-bond acceptors (Lipinski definition) is 6. The van der Waals surface area contributed by atoms with Crippen molar-refractivity contribution in [3.05, 3.63) is 77.7 Å². The molecule has 0 aliphatic carbocycles. The van der Waals surface area contributed by atoms with Crippen LogP contribution < -0.4 is 15.9 Å². The molecular weight excluding hydrogens is 495 g/mol. The fourth-order valence-corrected chi connectivity index (χ4v) is 2.99. The Balaban J connectivity index is 2.12. The number of aromatic nitrogens is 4. The fraction of sp³-hybridized carbons (Fsp3) is 0.118. The normalized spacial score (nSPS) is 11.2. The Morgan fingerprint density at radius 1 is 1.27 bits per heavy atom. The van der Waals surface area contributed by atoms with Crippen LogP contribution in [0.1, 0.15) is 16.8 Å². The predicted molar refractivity (Wildman–Crippen MR) is 101 cm³/mol. The van der Waals surface area contributed by atoms with E-state index in [1.807, 2.05) is 0 Å². The van der Waals surface area contributed by atoms with Crippen LogP contribution in [0.2, 0.25) is 5.02 Å². The molecule has 0 radical (unpaired) electrons. The molecule has 0 bridgehead atoms. The topological polar surface area (TPSA) is 114 Å². The van der Waals surface area contributed by atoms with Crippen LogP contribution >= 0.6 is 27.5 Å². The summed E-state index contributed by atoms with van der Waals surface area (Å²) in [5.74, 6) is -1.38. The lowest BCUT2D eigenvalue weighted by atomic mass is 10.2. The number of nitrogens with zero attached hydrogens (tertiary/aromatic N) is 4. The van der Waals surface area contributed by atoms with Crippen molar-refractivity contribution in [1.29, 1.82) is 5.26 Å². The molecule has 3 aromatic rings. The molecule has 0 aliphatic rings. The summed E-state index contributed by atoms with van der Waals surface area (Å²) in [6, 6.07) is 6.61.